The van der Waals surface area contributed by atoms with Gasteiger partial charge in [0.05, 0.1) is 11.9 Å². The number of pyridine rings is 2. The molecule has 0 saturated heterocycles. The van der Waals surface area contributed by atoms with E-state index in [-0.39, 0.29) is 0 Å². The third-order valence-electron chi connectivity index (χ3n) is 3.62. The molecular weight excluding hydrogens is 362 g/mol. The molecule has 4 aromatic heterocycles. The number of aromatic nitrogens is 5. The molecule has 0 aliphatic carbocycles. The minimum absolute atomic E-state index is 0.307. The molecule has 0 aliphatic heterocycles. The van der Waals surface area contributed by atoms with Gasteiger partial charge in [0.15, 0.2) is 5.13 Å². The number of nitrogens with zero attached hydrogens (tertiary/aromatic N) is 6. The highest BCUT2D eigenvalue weighted by Crippen LogP contribution is 2.29. The van der Waals surface area contributed by atoms with Gasteiger partial charge in [0.25, 0.3) is 5.91 Å². The SMILES string of the molecule is N#Cc1sc(NC(=O)c2cncn2-c2ccccn2)nc1-c1ccccn1. The summed E-state index contributed by atoms with van der Waals surface area (Å²) in [5.74, 6) is 0.176. The summed E-state index contributed by atoms with van der Waals surface area (Å²) in [7, 11) is 0. The quantitative estimate of drug-likeness (QED) is 0.589. The van der Waals surface area contributed by atoms with Crippen molar-refractivity contribution < 1.29 is 4.79 Å². The van der Waals surface area contributed by atoms with Gasteiger partial charge in [-0.3, -0.25) is 19.7 Å². The normalized spacial score (nSPS) is 10.3. The van der Waals surface area contributed by atoms with E-state index in [1.54, 1.807) is 41.2 Å². The van der Waals surface area contributed by atoms with Crippen molar-refractivity contribution >= 4 is 22.4 Å². The molecule has 0 aliphatic rings. The second-order valence-electron chi connectivity index (χ2n) is 5.31. The predicted octanol–water partition coefficient (Wildman–Crippen LogP) is 2.91. The summed E-state index contributed by atoms with van der Waals surface area (Å²) in [6.45, 7) is 0. The first-order valence-electron chi connectivity index (χ1n) is 7.83. The van der Waals surface area contributed by atoms with E-state index in [2.05, 4.69) is 31.3 Å². The highest BCUT2D eigenvalue weighted by atomic mass is 32.1. The van der Waals surface area contributed by atoms with Crippen LogP contribution in [0.5, 0.6) is 0 Å². The fourth-order valence-electron chi connectivity index (χ4n) is 2.43. The van der Waals surface area contributed by atoms with Crippen LogP contribution in [0.4, 0.5) is 5.13 Å². The van der Waals surface area contributed by atoms with Crippen molar-refractivity contribution in [3.8, 4) is 23.3 Å². The molecule has 4 heterocycles. The highest BCUT2D eigenvalue weighted by Gasteiger charge is 2.18. The van der Waals surface area contributed by atoms with Gasteiger partial charge in [0.1, 0.15) is 34.5 Å². The standard InChI is InChI=1S/C18H11N7OS/c19-9-14-16(12-5-1-3-7-21-12)23-18(27-14)24-17(26)13-10-20-11-25(13)15-6-2-4-8-22-15/h1-8,10-11H,(H,23,24,26). The molecule has 0 fully saturated rings. The molecule has 4 aromatic rings. The molecule has 0 spiro atoms. The van der Waals surface area contributed by atoms with Crippen LogP contribution < -0.4 is 5.32 Å². The van der Waals surface area contributed by atoms with Crippen LogP contribution in [0.2, 0.25) is 0 Å². The molecule has 0 atom stereocenters. The van der Waals surface area contributed by atoms with Crippen LogP contribution in [0.3, 0.4) is 0 Å². The van der Waals surface area contributed by atoms with E-state index in [1.807, 2.05) is 12.1 Å². The van der Waals surface area contributed by atoms with E-state index >= 15 is 0 Å². The Morgan fingerprint density at radius 1 is 1.15 bits per heavy atom. The van der Waals surface area contributed by atoms with E-state index in [9.17, 15) is 10.1 Å². The summed E-state index contributed by atoms with van der Waals surface area (Å²) in [6.07, 6.45) is 6.22. The van der Waals surface area contributed by atoms with E-state index in [4.69, 9.17) is 0 Å². The Bertz CT molecular complexity index is 1130. The number of hydrogen-bond donors (Lipinski definition) is 1. The molecule has 0 aromatic carbocycles. The maximum atomic E-state index is 12.7. The second-order valence-corrected chi connectivity index (χ2v) is 6.31. The first-order chi connectivity index (χ1) is 13.3. The van der Waals surface area contributed by atoms with Crippen LogP contribution in [0, 0.1) is 11.3 Å². The summed E-state index contributed by atoms with van der Waals surface area (Å²) in [6, 6.07) is 12.8. The Kier molecular flexibility index (Phi) is 4.38. The lowest BCUT2D eigenvalue weighted by atomic mass is 10.2. The van der Waals surface area contributed by atoms with Crippen LogP contribution in [0.15, 0.2) is 61.3 Å². The third-order valence-corrected chi connectivity index (χ3v) is 4.50. The van der Waals surface area contributed by atoms with E-state index in [1.165, 1.54) is 12.5 Å². The van der Waals surface area contributed by atoms with Gasteiger partial charge in [0, 0.05) is 12.4 Å². The smallest absolute Gasteiger partial charge is 0.276 e. The van der Waals surface area contributed by atoms with Crippen LogP contribution in [-0.2, 0) is 0 Å². The number of nitrogens with one attached hydrogen (secondary N) is 1. The maximum absolute atomic E-state index is 12.7. The minimum Gasteiger partial charge on any atom is -0.296 e. The number of anilines is 1. The molecule has 4 rings (SSSR count). The molecular formula is C18H11N7OS. The lowest BCUT2D eigenvalue weighted by Crippen LogP contribution is -2.16. The zero-order valence-corrected chi connectivity index (χ0v) is 14.6. The fraction of sp³-hybridized carbons (Fsp3) is 0. The van der Waals surface area contributed by atoms with Gasteiger partial charge in [0.2, 0.25) is 0 Å². The third kappa shape index (κ3) is 3.29. The van der Waals surface area contributed by atoms with Crippen LogP contribution in [0.25, 0.3) is 17.2 Å². The summed E-state index contributed by atoms with van der Waals surface area (Å²) >= 11 is 1.09. The number of rotatable bonds is 4. The minimum atomic E-state index is -0.399. The van der Waals surface area contributed by atoms with Crippen molar-refractivity contribution in [2.75, 3.05) is 5.32 Å². The Morgan fingerprint density at radius 2 is 1.96 bits per heavy atom. The lowest BCUT2D eigenvalue weighted by molar-refractivity contribution is 0.102. The first kappa shape index (κ1) is 16.6. The van der Waals surface area contributed by atoms with E-state index < -0.39 is 5.91 Å². The summed E-state index contributed by atoms with van der Waals surface area (Å²) in [5.41, 5.74) is 1.32. The zero-order chi connectivity index (χ0) is 18.6. The molecule has 9 heteroatoms. The molecule has 0 radical (unpaired) electrons. The molecule has 0 saturated carbocycles. The Balaban J connectivity index is 1.63. The van der Waals surface area contributed by atoms with Gasteiger partial charge in [-0.05, 0) is 24.3 Å². The highest BCUT2D eigenvalue weighted by molar-refractivity contribution is 7.16. The molecule has 1 N–H and O–H groups in total. The number of carbonyl (C=O) groups excluding carboxylic acids is 1. The molecule has 0 bridgehead atoms. The molecule has 8 nitrogen and oxygen atoms in total. The summed E-state index contributed by atoms with van der Waals surface area (Å²) in [4.78, 5) is 29.9. The van der Waals surface area contributed by atoms with Crippen molar-refractivity contribution in [2.24, 2.45) is 0 Å². The summed E-state index contributed by atoms with van der Waals surface area (Å²) in [5, 5.41) is 12.4. The number of amides is 1. The van der Waals surface area contributed by atoms with Crippen molar-refractivity contribution in [3.63, 3.8) is 0 Å². The topological polar surface area (TPSA) is 109 Å². The average molecular weight is 373 g/mol. The van der Waals surface area contributed by atoms with Crippen LogP contribution in [-0.4, -0.2) is 30.4 Å². The largest absolute Gasteiger partial charge is 0.296 e. The average Bonchev–Trinajstić information content (AvgIpc) is 3.36. The lowest BCUT2D eigenvalue weighted by Gasteiger charge is -2.06. The number of imidazole rings is 1. The molecule has 27 heavy (non-hydrogen) atoms. The Morgan fingerprint density at radius 3 is 2.67 bits per heavy atom. The van der Waals surface area contributed by atoms with Crippen molar-refractivity contribution in [1.29, 1.82) is 5.26 Å². The monoisotopic (exact) mass is 373 g/mol. The van der Waals surface area contributed by atoms with Gasteiger partial charge in [-0.1, -0.05) is 23.5 Å². The number of nitriles is 1. The van der Waals surface area contributed by atoms with Crippen LogP contribution >= 0.6 is 11.3 Å². The van der Waals surface area contributed by atoms with E-state index in [0.717, 1.165) is 11.3 Å². The molecule has 0 unspecified atom stereocenters. The molecule has 1 amide bonds. The number of thiazole rings is 1. The first-order valence-corrected chi connectivity index (χ1v) is 8.65. The van der Waals surface area contributed by atoms with Crippen molar-refractivity contribution in [1.82, 2.24) is 24.5 Å². The summed E-state index contributed by atoms with van der Waals surface area (Å²) < 4.78 is 1.58. The maximum Gasteiger partial charge on any atom is 0.276 e. The number of carbonyl (C=O) groups is 1. The van der Waals surface area contributed by atoms with Crippen LogP contribution in [0.1, 0.15) is 15.4 Å². The van der Waals surface area contributed by atoms with Gasteiger partial charge in [-0.25, -0.2) is 15.0 Å². The number of hydrogen-bond acceptors (Lipinski definition) is 7. The van der Waals surface area contributed by atoms with E-state index in [0.29, 0.717) is 32.9 Å². The van der Waals surface area contributed by atoms with Gasteiger partial charge in [-0.15, -0.1) is 0 Å². The van der Waals surface area contributed by atoms with Crippen molar-refractivity contribution in [3.05, 3.63) is 71.9 Å². The van der Waals surface area contributed by atoms with Gasteiger partial charge >= 0.3 is 0 Å². The Hall–Kier alpha value is -3.90. The molecule has 130 valence electrons. The Labute approximate surface area is 157 Å². The fourth-order valence-corrected chi connectivity index (χ4v) is 3.20. The van der Waals surface area contributed by atoms with Gasteiger partial charge < -0.3 is 0 Å². The second kappa shape index (κ2) is 7.15. The van der Waals surface area contributed by atoms with Crippen molar-refractivity contribution in [2.45, 2.75) is 0 Å². The van der Waals surface area contributed by atoms with Gasteiger partial charge in [-0.2, -0.15) is 5.26 Å². The predicted molar refractivity (Wildman–Crippen MR) is 99.4 cm³/mol. The zero-order valence-electron chi connectivity index (χ0n) is 13.8.